The minimum absolute atomic E-state index is 0.145. The standard InChI is InChI=1S/C23H18BrClN2O3/c1-14-23(29)27(13-15-2-8-18(25)9-3-15)20-12-19(10-11-21(20)30-14)26-22(28)16-4-6-17(24)7-5-16/h2-12,14H,13H2,1H3,(H,26,28). The summed E-state index contributed by atoms with van der Waals surface area (Å²) in [4.78, 5) is 27.1. The Morgan fingerprint density at radius 2 is 1.80 bits per heavy atom. The Labute approximate surface area is 187 Å². The van der Waals surface area contributed by atoms with E-state index in [1.54, 1.807) is 54.3 Å². The molecule has 1 aliphatic rings. The fourth-order valence-corrected chi connectivity index (χ4v) is 3.62. The van der Waals surface area contributed by atoms with Crippen LogP contribution >= 0.6 is 27.5 Å². The summed E-state index contributed by atoms with van der Waals surface area (Å²) in [6.07, 6.45) is -0.590. The van der Waals surface area contributed by atoms with E-state index in [1.165, 1.54) is 0 Å². The second-order valence-electron chi connectivity index (χ2n) is 6.95. The van der Waals surface area contributed by atoms with Crippen LogP contribution in [-0.4, -0.2) is 17.9 Å². The Balaban J connectivity index is 1.62. The molecule has 1 unspecified atom stereocenters. The number of ether oxygens (including phenoxy) is 1. The van der Waals surface area contributed by atoms with Gasteiger partial charge in [-0.15, -0.1) is 0 Å². The predicted molar refractivity (Wildman–Crippen MR) is 121 cm³/mol. The van der Waals surface area contributed by atoms with Crippen LogP contribution in [0.3, 0.4) is 0 Å². The molecule has 1 heterocycles. The van der Waals surface area contributed by atoms with Gasteiger partial charge < -0.3 is 15.0 Å². The maximum Gasteiger partial charge on any atom is 0.268 e. The summed E-state index contributed by atoms with van der Waals surface area (Å²) in [5, 5.41) is 3.52. The molecular formula is C23H18BrClN2O3. The average molecular weight is 486 g/mol. The molecule has 1 atom stereocenters. The van der Waals surface area contributed by atoms with Gasteiger partial charge in [-0.2, -0.15) is 0 Å². The van der Waals surface area contributed by atoms with Crippen LogP contribution in [0.2, 0.25) is 5.02 Å². The van der Waals surface area contributed by atoms with Crippen LogP contribution < -0.4 is 15.0 Å². The first-order chi connectivity index (χ1) is 14.4. The lowest BCUT2D eigenvalue weighted by atomic mass is 10.1. The number of hydrogen-bond donors (Lipinski definition) is 1. The smallest absolute Gasteiger partial charge is 0.268 e. The van der Waals surface area contributed by atoms with Gasteiger partial charge in [0.15, 0.2) is 6.10 Å². The molecule has 1 N–H and O–H groups in total. The van der Waals surface area contributed by atoms with Gasteiger partial charge in [0.1, 0.15) is 5.75 Å². The highest BCUT2D eigenvalue weighted by Crippen LogP contribution is 2.37. The summed E-state index contributed by atoms with van der Waals surface area (Å²) in [7, 11) is 0. The molecule has 0 spiro atoms. The molecule has 0 saturated carbocycles. The van der Waals surface area contributed by atoms with Crippen LogP contribution in [0.15, 0.2) is 71.2 Å². The second-order valence-corrected chi connectivity index (χ2v) is 8.31. The van der Waals surface area contributed by atoms with Crippen molar-refractivity contribution in [2.75, 3.05) is 10.2 Å². The van der Waals surface area contributed by atoms with Crippen LogP contribution in [-0.2, 0) is 11.3 Å². The molecule has 1 aliphatic heterocycles. The highest BCUT2D eigenvalue weighted by Gasteiger charge is 2.31. The molecule has 152 valence electrons. The Kier molecular flexibility index (Phi) is 5.79. The molecule has 0 radical (unpaired) electrons. The van der Waals surface area contributed by atoms with Gasteiger partial charge in [0, 0.05) is 20.7 Å². The van der Waals surface area contributed by atoms with E-state index < -0.39 is 6.10 Å². The number of benzene rings is 3. The van der Waals surface area contributed by atoms with Gasteiger partial charge >= 0.3 is 0 Å². The molecule has 0 fully saturated rings. The largest absolute Gasteiger partial charge is 0.479 e. The number of anilines is 2. The number of carbonyl (C=O) groups excluding carboxylic acids is 2. The highest BCUT2D eigenvalue weighted by molar-refractivity contribution is 9.10. The first-order valence-electron chi connectivity index (χ1n) is 9.34. The van der Waals surface area contributed by atoms with Crippen LogP contribution in [0.4, 0.5) is 11.4 Å². The molecule has 0 bridgehead atoms. The minimum Gasteiger partial charge on any atom is -0.479 e. The minimum atomic E-state index is -0.590. The van der Waals surface area contributed by atoms with Gasteiger partial charge in [-0.1, -0.05) is 39.7 Å². The van der Waals surface area contributed by atoms with E-state index in [0.29, 0.717) is 34.3 Å². The van der Waals surface area contributed by atoms with Gasteiger partial charge in [0.05, 0.1) is 12.2 Å². The highest BCUT2D eigenvalue weighted by atomic mass is 79.9. The van der Waals surface area contributed by atoms with Crippen molar-refractivity contribution in [2.45, 2.75) is 19.6 Å². The zero-order valence-corrected chi connectivity index (χ0v) is 18.4. The fourth-order valence-electron chi connectivity index (χ4n) is 3.22. The number of fused-ring (bicyclic) bond motifs is 1. The molecule has 2 amide bonds. The second kappa shape index (κ2) is 8.50. The van der Waals surface area contributed by atoms with Crippen LogP contribution in [0.5, 0.6) is 5.75 Å². The fraction of sp³-hybridized carbons (Fsp3) is 0.130. The lowest BCUT2D eigenvalue weighted by molar-refractivity contribution is -0.125. The van der Waals surface area contributed by atoms with Crippen LogP contribution in [0.25, 0.3) is 0 Å². The molecule has 0 saturated heterocycles. The monoisotopic (exact) mass is 484 g/mol. The third-order valence-corrected chi connectivity index (χ3v) is 5.57. The zero-order valence-electron chi connectivity index (χ0n) is 16.1. The van der Waals surface area contributed by atoms with Crippen molar-refractivity contribution in [3.63, 3.8) is 0 Å². The summed E-state index contributed by atoms with van der Waals surface area (Å²) >= 11 is 9.33. The van der Waals surface area contributed by atoms with Crippen molar-refractivity contribution in [1.29, 1.82) is 0 Å². The summed E-state index contributed by atoms with van der Waals surface area (Å²) in [6, 6.07) is 19.7. The molecule has 5 nitrogen and oxygen atoms in total. The molecule has 3 aromatic carbocycles. The van der Waals surface area contributed by atoms with Crippen molar-refractivity contribution in [1.82, 2.24) is 0 Å². The molecule has 3 aromatic rings. The van der Waals surface area contributed by atoms with Crippen molar-refractivity contribution in [3.05, 3.63) is 87.4 Å². The topological polar surface area (TPSA) is 58.6 Å². The van der Waals surface area contributed by atoms with E-state index in [9.17, 15) is 9.59 Å². The SMILES string of the molecule is CC1Oc2ccc(NC(=O)c3ccc(Br)cc3)cc2N(Cc2ccc(Cl)cc2)C1=O. The lowest BCUT2D eigenvalue weighted by Gasteiger charge is -2.33. The van der Waals surface area contributed by atoms with E-state index in [4.69, 9.17) is 16.3 Å². The number of rotatable bonds is 4. The van der Waals surface area contributed by atoms with E-state index in [-0.39, 0.29) is 11.8 Å². The van der Waals surface area contributed by atoms with Crippen LogP contribution in [0.1, 0.15) is 22.8 Å². The maximum absolute atomic E-state index is 12.8. The lowest BCUT2D eigenvalue weighted by Crippen LogP contribution is -2.44. The molecule has 0 aliphatic carbocycles. The molecular weight excluding hydrogens is 468 g/mol. The van der Waals surface area contributed by atoms with E-state index >= 15 is 0 Å². The van der Waals surface area contributed by atoms with Gasteiger partial charge in [-0.3, -0.25) is 9.59 Å². The number of halogens is 2. The first kappa shape index (κ1) is 20.4. The third-order valence-electron chi connectivity index (χ3n) is 4.79. The molecule has 4 rings (SSSR count). The quantitative estimate of drug-likeness (QED) is 0.518. The Morgan fingerprint density at radius 3 is 2.50 bits per heavy atom. The van der Waals surface area contributed by atoms with E-state index in [1.807, 2.05) is 24.3 Å². The van der Waals surface area contributed by atoms with Crippen molar-refractivity contribution < 1.29 is 14.3 Å². The Bertz CT molecular complexity index is 1100. The zero-order chi connectivity index (χ0) is 21.3. The van der Waals surface area contributed by atoms with Gasteiger partial charge in [-0.05, 0) is 67.1 Å². The van der Waals surface area contributed by atoms with Gasteiger partial charge in [-0.25, -0.2) is 0 Å². The number of amides is 2. The first-order valence-corrected chi connectivity index (χ1v) is 10.5. The average Bonchev–Trinajstić information content (AvgIpc) is 2.73. The normalized spacial score (nSPS) is 15.4. The van der Waals surface area contributed by atoms with E-state index in [2.05, 4.69) is 21.2 Å². The number of carbonyl (C=O) groups is 2. The van der Waals surface area contributed by atoms with Crippen molar-refractivity contribution >= 4 is 50.7 Å². The molecule has 30 heavy (non-hydrogen) atoms. The predicted octanol–water partition coefficient (Wildman–Crippen LogP) is 5.67. The molecule has 0 aromatic heterocycles. The van der Waals surface area contributed by atoms with E-state index in [0.717, 1.165) is 10.0 Å². The number of nitrogens with one attached hydrogen (secondary N) is 1. The summed E-state index contributed by atoms with van der Waals surface area (Å²) < 4.78 is 6.66. The van der Waals surface area contributed by atoms with Crippen molar-refractivity contribution in [2.24, 2.45) is 0 Å². The third kappa shape index (κ3) is 4.35. The number of nitrogens with zero attached hydrogens (tertiary/aromatic N) is 1. The van der Waals surface area contributed by atoms with Gasteiger partial charge in [0.25, 0.3) is 11.8 Å². The Morgan fingerprint density at radius 1 is 1.10 bits per heavy atom. The number of hydrogen-bond acceptors (Lipinski definition) is 3. The van der Waals surface area contributed by atoms with Crippen LogP contribution in [0, 0.1) is 0 Å². The summed E-state index contributed by atoms with van der Waals surface area (Å²) in [6.45, 7) is 2.10. The van der Waals surface area contributed by atoms with Gasteiger partial charge in [0.2, 0.25) is 0 Å². The Hall–Kier alpha value is -2.83. The molecule has 7 heteroatoms. The van der Waals surface area contributed by atoms with Crippen molar-refractivity contribution in [3.8, 4) is 5.75 Å². The maximum atomic E-state index is 12.8. The summed E-state index contributed by atoms with van der Waals surface area (Å²) in [5.41, 5.74) is 2.67. The summed E-state index contributed by atoms with van der Waals surface area (Å²) in [5.74, 6) is 0.217.